The predicted octanol–water partition coefficient (Wildman–Crippen LogP) is 1.86. The minimum Gasteiger partial charge on any atom is -0.384 e. The maximum atomic E-state index is 11.7. The van der Waals surface area contributed by atoms with E-state index in [1.807, 2.05) is 31.2 Å². The molecule has 1 unspecified atom stereocenters. The molecule has 0 bridgehead atoms. The van der Waals surface area contributed by atoms with Crippen LogP contribution in [0.15, 0.2) is 29.4 Å². The van der Waals surface area contributed by atoms with E-state index in [4.69, 9.17) is 0 Å². The predicted molar refractivity (Wildman–Crippen MR) is 65.6 cm³/mol. The third-order valence-electron chi connectivity index (χ3n) is 3.01. The first kappa shape index (κ1) is 10.2. The zero-order chi connectivity index (χ0) is 12.0. The molecule has 4 nitrogen and oxygen atoms in total. The summed E-state index contributed by atoms with van der Waals surface area (Å²) in [5.74, 6) is -0.00928. The normalized spacial score (nSPS) is 22.0. The maximum Gasteiger partial charge on any atom is 0.253 e. The van der Waals surface area contributed by atoms with Crippen molar-refractivity contribution < 1.29 is 9.90 Å². The number of fused-ring (bicyclic) bond motifs is 1. The molecule has 17 heavy (non-hydrogen) atoms. The van der Waals surface area contributed by atoms with E-state index in [1.165, 1.54) is 5.01 Å². The number of hydrazone groups is 1. The molecule has 0 aromatic heterocycles. The van der Waals surface area contributed by atoms with Gasteiger partial charge in [0, 0.05) is 5.71 Å². The van der Waals surface area contributed by atoms with Gasteiger partial charge in [-0.05, 0) is 30.2 Å². The van der Waals surface area contributed by atoms with Crippen molar-refractivity contribution in [3.8, 4) is 0 Å². The zero-order valence-corrected chi connectivity index (χ0v) is 9.42. The van der Waals surface area contributed by atoms with E-state index in [-0.39, 0.29) is 5.91 Å². The summed E-state index contributed by atoms with van der Waals surface area (Å²) in [5, 5.41) is 15.3. The van der Waals surface area contributed by atoms with Crippen molar-refractivity contribution in [2.24, 2.45) is 5.10 Å². The Morgan fingerprint density at radius 2 is 2.29 bits per heavy atom. The lowest BCUT2D eigenvalue weighted by Gasteiger charge is -2.13. The number of benzene rings is 1. The van der Waals surface area contributed by atoms with E-state index in [9.17, 15) is 9.90 Å². The molecule has 1 aliphatic heterocycles. The number of anilines is 1. The SMILES string of the molecule is CC1=NN(c2ccc3c(c2)C=CC3O)C(=O)C1. The number of carbonyl (C=O) groups is 1. The van der Waals surface area contributed by atoms with Crippen LogP contribution in [0.4, 0.5) is 5.69 Å². The summed E-state index contributed by atoms with van der Waals surface area (Å²) < 4.78 is 0. The van der Waals surface area contributed by atoms with Crippen LogP contribution >= 0.6 is 0 Å². The highest BCUT2D eigenvalue weighted by Crippen LogP contribution is 2.32. The van der Waals surface area contributed by atoms with Crippen molar-refractivity contribution in [1.82, 2.24) is 0 Å². The Bertz CT molecular complexity index is 561. The average Bonchev–Trinajstić information content (AvgIpc) is 2.82. The number of aliphatic hydroxyl groups is 1. The summed E-state index contributed by atoms with van der Waals surface area (Å²) in [6.07, 6.45) is 3.45. The molecule has 1 amide bonds. The molecule has 0 spiro atoms. The topological polar surface area (TPSA) is 52.9 Å². The van der Waals surface area contributed by atoms with Crippen molar-refractivity contribution >= 4 is 23.4 Å². The lowest BCUT2D eigenvalue weighted by molar-refractivity contribution is -0.116. The Labute approximate surface area is 98.9 Å². The van der Waals surface area contributed by atoms with Gasteiger partial charge in [-0.25, -0.2) is 5.01 Å². The minimum atomic E-state index is -0.529. The van der Waals surface area contributed by atoms with Gasteiger partial charge in [0.2, 0.25) is 0 Å². The Morgan fingerprint density at radius 1 is 1.47 bits per heavy atom. The summed E-state index contributed by atoms with van der Waals surface area (Å²) in [7, 11) is 0. The molecule has 2 aliphatic rings. The Balaban J connectivity index is 2.01. The first-order valence-corrected chi connectivity index (χ1v) is 5.52. The molecule has 1 atom stereocenters. The summed E-state index contributed by atoms with van der Waals surface area (Å²) >= 11 is 0. The molecule has 1 heterocycles. The van der Waals surface area contributed by atoms with Gasteiger partial charge >= 0.3 is 0 Å². The van der Waals surface area contributed by atoms with E-state index >= 15 is 0 Å². The van der Waals surface area contributed by atoms with Crippen LogP contribution in [0.2, 0.25) is 0 Å². The fourth-order valence-electron chi connectivity index (χ4n) is 2.16. The molecule has 1 N–H and O–H groups in total. The first-order valence-electron chi connectivity index (χ1n) is 5.52. The first-order chi connectivity index (χ1) is 8.15. The lowest BCUT2D eigenvalue weighted by atomic mass is 10.1. The van der Waals surface area contributed by atoms with Gasteiger partial charge in [0.05, 0.1) is 18.2 Å². The molecular formula is C13H12N2O2. The van der Waals surface area contributed by atoms with E-state index in [0.29, 0.717) is 6.42 Å². The molecule has 1 aliphatic carbocycles. The molecule has 4 heteroatoms. The number of hydrogen-bond acceptors (Lipinski definition) is 3. The maximum absolute atomic E-state index is 11.7. The molecule has 1 aromatic carbocycles. The van der Waals surface area contributed by atoms with Crippen LogP contribution in [-0.2, 0) is 4.79 Å². The van der Waals surface area contributed by atoms with Crippen molar-refractivity contribution in [2.45, 2.75) is 19.4 Å². The van der Waals surface area contributed by atoms with Crippen molar-refractivity contribution in [2.75, 3.05) is 5.01 Å². The quantitative estimate of drug-likeness (QED) is 0.797. The van der Waals surface area contributed by atoms with Crippen LogP contribution in [0.3, 0.4) is 0 Å². The van der Waals surface area contributed by atoms with Crippen molar-refractivity contribution in [3.05, 3.63) is 35.4 Å². The van der Waals surface area contributed by atoms with Crippen molar-refractivity contribution in [3.63, 3.8) is 0 Å². The van der Waals surface area contributed by atoms with Gasteiger partial charge in [0.1, 0.15) is 0 Å². The monoisotopic (exact) mass is 228 g/mol. The van der Waals surface area contributed by atoms with Gasteiger partial charge in [-0.3, -0.25) is 4.79 Å². The standard InChI is InChI=1S/C13H12N2O2/c1-8-6-13(17)15(14-8)10-3-4-11-9(7-10)2-5-12(11)16/h2-5,7,12,16H,6H2,1H3. The smallest absolute Gasteiger partial charge is 0.253 e. The van der Waals surface area contributed by atoms with Crippen LogP contribution in [-0.4, -0.2) is 16.7 Å². The minimum absolute atomic E-state index is 0.00928. The number of hydrogen-bond donors (Lipinski definition) is 1. The number of rotatable bonds is 1. The van der Waals surface area contributed by atoms with Crippen LogP contribution < -0.4 is 5.01 Å². The average molecular weight is 228 g/mol. The third kappa shape index (κ3) is 1.57. The summed E-state index contributed by atoms with van der Waals surface area (Å²) in [4.78, 5) is 11.7. The molecular weight excluding hydrogens is 216 g/mol. The van der Waals surface area contributed by atoms with Gasteiger partial charge in [0.15, 0.2) is 0 Å². The molecule has 3 rings (SSSR count). The molecule has 86 valence electrons. The second kappa shape index (κ2) is 3.53. The van der Waals surface area contributed by atoms with E-state index in [0.717, 1.165) is 22.5 Å². The van der Waals surface area contributed by atoms with E-state index in [2.05, 4.69) is 5.10 Å². The number of carbonyl (C=O) groups excluding carboxylic acids is 1. The largest absolute Gasteiger partial charge is 0.384 e. The fourth-order valence-corrected chi connectivity index (χ4v) is 2.16. The molecule has 0 saturated carbocycles. The summed E-state index contributed by atoms with van der Waals surface area (Å²) in [6.45, 7) is 1.84. The highest BCUT2D eigenvalue weighted by atomic mass is 16.3. The van der Waals surface area contributed by atoms with Gasteiger partial charge < -0.3 is 5.11 Å². The molecule has 0 fully saturated rings. The van der Waals surface area contributed by atoms with Gasteiger partial charge in [0.25, 0.3) is 5.91 Å². The number of amides is 1. The lowest BCUT2D eigenvalue weighted by Crippen LogP contribution is -2.19. The summed E-state index contributed by atoms with van der Waals surface area (Å²) in [5.41, 5.74) is 3.40. The Kier molecular flexibility index (Phi) is 2.12. The molecule has 0 saturated heterocycles. The number of nitrogens with zero attached hydrogens (tertiary/aromatic N) is 2. The van der Waals surface area contributed by atoms with Crippen LogP contribution in [0, 0.1) is 0 Å². The zero-order valence-electron chi connectivity index (χ0n) is 9.42. The van der Waals surface area contributed by atoms with Gasteiger partial charge in [-0.1, -0.05) is 18.2 Å². The highest BCUT2D eigenvalue weighted by Gasteiger charge is 2.24. The molecule has 1 aromatic rings. The fraction of sp³-hybridized carbons (Fsp3) is 0.231. The van der Waals surface area contributed by atoms with Crippen molar-refractivity contribution in [1.29, 1.82) is 0 Å². The second-order valence-electron chi connectivity index (χ2n) is 4.33. The second-order valence-corrected chi connectivity index (χ2v) is 4.33. The van der Waals surface area contributed by atoms with E-state index < -0.39 is 6.10 Å². The van der Waals surface area contributed by atoms with E-state index in [1.54, 1.807) is 6.08 Å². The number of aliphatic hydroxyl groups excluding tert-OH is 1. The highest BCUT2D eigenvalue weighted by molar-refractivity contribution is 6.12. The molecule has 0 radical (unpaired) electrons. The summed E-state index contributed by atoms with van der Waals surface area (Å²) in [6, 6.07) is 5.53. The van der Waals surface area contributed by atoms with Crippen LogP contribution in [0.1, 0.15) is 30.6 Å². The van der Waals surface area contributed by atoms with Gasteiger partial charge in [-0.2, -0.15) is 5.10 Å². The Hall–Kier alpha value is -1.94. The van der Waals surface area contributed by atoms with Crippen LogP contribution in [0.5, 0.6) is 0 Å². The van der Waals surface area contributed by atoms with Gasteiger partial charge in [-0.15, -0.1) is 0 Å². The van der Waals surface area contributed by atoms with Crippen LogP contribution in [0.25, 0.3) is 6.08 Å². The third-order valence-corrected chi connectivity index (χ3v) is 3.01. The Morgan fingerprint density at radius 3 is 3.00 bits per heavy atom.